The second kappa shape index (κ2) is 12.3. The maximum absolute atomic E-state index is 15.1. The third-order valence-electron chi connectivity index (χ3n) is 10.5. The maximum atomic E-state index is 15.1. The maximum Gasteiger partial charge on any atom is 0.322 e. The first-order chi connectivity index (χ1) is 21.6. The fourth-order valence-corrected chi connectivity index (χ4v) is 9.12. The highest BCUT2D eigenvalue weighted by Crippen LogP contribution is 2.62. The highest BCUT2D eigenvalue weighted by Gasteiger charge is 2.54. The first-order valence-corrected chi connectivity index (χ1v) is 15.9. The summed E-state index contributed by atoms with van der Waals surface area (Å²) in [7, 11) is 1.48. The van der Waals surface area contributed by atoms with Gasteiger partial charge in [-0.3, -0.25) is 24.0 Å². The Morgan fingerprint density at radius 1 is 0.978 bits per heavy atom. The second-order valence-corrected chi connectivity index (χ2v) is 13.6. The average Bonchev–Trinajstić information content (AvgIpc) is 3.03. The molecule has 4 bridgehead atoms. The van der Waals surface area contributed by atoms with Crippen molar-refractivity contribution in [2.24, 2.45) is 23.2 Å². The standard InChI is InChI=1S/C35H41N3O7/c1-21(39)38-29(33(43)36-19-32(41)42)14-31(40)27-13-26(45-2)8-9-28(27)37(20-22-6-4-3-5-7-22)34(44)30(38)18-35-15-23-10-24(16-35)12-25(11-23)17-35/h3-9,13,23-25,29-30H,10-12,14-20H2,1-2H3,(H,36,43)(H,41,42)/t23?,24?,25?,29-,30+,35?/m0/s1. The molecule has 5 aliphatic rings. The predicted octanol–water partition coefficient (Wildman–Crippen LogP) is 4.21. The lowest BCUT2D eigenvalue weighted by molar-refractivity contribution is -0.150. The van der Waals surface area contributed by atoms with E-state index < -0.39 is 48.6 Å². The number of carboxylic acid groups (broad SMARTS) is 1. The van der Waals surface area contributed by atoms with Crippen molar-refractivity contribution in [2.75, 3.05) is 18.6 Å². The van der Waals surface area contributed by atoms with E-state index in [1.165, 1.54) is 38.2 Å². The summed E-state index contributed by atoms with van der Waals surface area (Å²) in [5.74, 6) is -1.15. The predicted molar refractivity (Wildman–Crippen MR) is 166 cm³/mol. The van der Waals surface area contributed by atoms with Crippen LogP contribution in [0.3, 0.4) is 0 Å². The van der Waals surface area contributed by atoms with Crippen LogP contribution in [0.5, 0.6) is 5.75 Å². The highest BCUT2D eigenvalue weighted by atomic mass is 16.5. The van der Waals surface area contributed by atoms with E-state index in [-0.39, 0.29) is 23.4 Å². The molecule has 0 aromatic heterocycles. The van der Waals surface area contributed by atoms with Gasteiger partial charge in [0, 0.05) is 18.9 Å². The van der Waals surface area contributed by atoms with Gasteiger partial charge in [0.1, 0.15) is 24.4 Å². The largest absolute Gasteiger partial charge is 0.497 e. The van der Waals surface area contributed by atoms with Crippen LogP contribution >= 0.6 is 0 Å². The normalized spacial score (nSPS) is 29.0. The van der Waals surface area contributed by atoms with Gasteiger partial charge >= 0.3 is 5.97 Å². The Hall–Kier alpha value is -4.21. The Balaban J connectivity index is 1.50. The molecule has 10 heteroatoms. The van der Waals surface area contributed by atoms with Crippen molar-refractivity contribution < 1.29 is 33.8 Å². The number of methoxy groups -OCH3 is 1. The number of hydrogen-bond acceptors (Lipinski definition) is 6. The Bertz CT molecular complexity index is 1470. The molecule has 7 rings (SSSR count). The smallest absolute Gasteiger partial charge is 0.322 e. The number of hydrogen-bond donors (Lipinski definition) is 2. The number of benzene rings is 2. The molecule has 0 unspecified atom stereocenters. The lowest BCUT2D eigenvalue weighted by Gasteiger charge is -2.58. The third-order valence-corrected chi connectivity index (χ3v) is 10.5. The number of nitrogens with zero attached hydrogens (tertiary/aromatic N) is 2. The lowest BCUT2D eigenvalue weighted by atomic mass is 9.48. The summed E-state index contributed by atoms with van der Waals surface area (Å²) in [6.45, 7) is 0.802. The number of carbonyl (C=O) groups excluding carboxylic acids is 4. The van der Waals surface area contributed by atoms with Gasteiger partial charge in [0.25, 0.3) is 0 Å². The van der Waals surface area contributed by atoms with Gasteiger partial charge < -0.3 is 25.0 Å². The van der Waals surface area contributed by atoms with Gasteiger partial charge in [-0.1, -0.05) is 30.3 Å². The number of fused-ring (bicyclic) bond motifs is 1. The van der Waals surface area contributed by atoms with E-state index in [0.29, 0.717) is 35.6 Å². The number of ketones is 1. The molecule has 0 radical (unpaired) electrons. The first kappa shape index (κ1) is 30.8. The molecule has 1 heterocycles. The summed E-state index contributed by atoms with van der Waals surface area (Å²) in [5, 5.41) is 11.7. The van der Waals surface area contributed by atoms with E-state index in [9.17, 15) is 24.3 Å². The SMILES string of the molecule is COc1ccc2c(c1)C(=O)C[C@@H](C(=O)NCC(=O)O)N(C(C)=O)[C@H](CC13CC4CC(CC(C4)C1)C3)C(=O)N2Cc1ccccc1. The van der Waals surface area contributed by atoms with E-state index in [1.54, 1.807) is 23.1 Å². The lowest BCUT2D eigenvalue weighted by Crippen LogP contribution is -2.60. The van der Waals surface area contributed by atoms with Crippen molar-refractivity contribution in [3.8, 4) is 5.75 Å². The van der Waals surface area contributed by atoms with E-state index >= 15 is 4.79 Å². The summed E-state index contributed by atoms with van der Waals surface area (Å²) in [5.41, 5.74) is 1.29. The molecule has 238 valence electrons. The Kier molecular flexibility index (Phi) is 8.41. The third kappa shape index (κ3) is 6.19. The van der Waals surface area contributed by atoms with E-state index in [0.717, 1.165) is 24.8 Å². The minimum Gasteiger partial charge on any atom is -0.497 e. The average molecular weight is 616 g/mol. The minimum absolute atomic E-state index is 0.149. The molecule has 2 aromatic rings. The quantitative estimate of drug-likeness (QED) is 0.455. The van der Waals surface area contributed by atoms with Crippen molar-refractivity contribution in [3.63, 3.8) is 0 Å². The number of carbonyl (C=O) groups is 5. The van der Waals surface area contributed by atoms with Crippen molar-refractivity contribution >= 4 is 35.2 Å². The zero-order valence-corrected chi connectivity index (χ0v) is 25.9. The Morgan fingerprint density at radius 3 is 2.20 bits per heavy atom. The van der Waals surface area contributed by atoms with Crippen LogP contribution in [0.2, 0.25) is 0 Å². The zero-order valence-electron chi connectivity index (χ0n) is 25.9. The van der Waals surface area contributed by atoms with E-state index in [4.69, 9.17) is 4.74 Å². The van der Waals surface area contributed by atoms with Crippen LogP contribution in [0.4, 0.5) is 5.69 Å². The van der Waals surface area contributed by atoms with Crippen molar-refractivity contribution in [3.05, 3.63) is 59.7 Å². The molecule has 0 saturated heterocycles. The number of nitrogens with one attached hydrogen (secondary N) is 1. The highest BCUT2D eigenvalue weighted by molar-refractivity contribution is 6.10. The molecule has 3 amide bonds. The van der Waals surface area contributed by atoms with Crippen molar-refractivity contribution in [1.82, 2.24) is 10.2 Å². The Morgan fingerprint density at radius 2 is 1.62 bits per heavy atom. The summed E-state index contributed by atoms with van der Waals surface area (Å²) >= 11 is 0. The van der Waals surface area contributed by atoms with Gasteiger partial charge in [0.15, 0.2) is 5.78 Å². The molecule has 1 aliphatic heterocycles. The topological polar surface area (TPSA) is 133 Å². The molecule has 2 N–H and O–H groups in total. The minimum atomic E-state index is -1.37. The molecule has 45 heavy (non-hydrogen) atoms. The van der Waals surface area contributed by atoms with Crippen LogP contribution in [0.25, 0.3) is 0 Å². The fourth-order valence-electron chi connectivity index (χ4n) is 9.12. The molecule has 0 spiro atoms. The molecule has 2 aromatic carbocycles. The number of amides is 3. The number of Topliss-reactive ketones (excluding diaryl/α,β-unsaturated/α-hetero) is 1. The molecule has 4 saturated carbocycles. The van der Waals surface area contributed by atoms with Crippen LogP contribution < -0.4 is 15.0 Å². The van der Waals surface area contributed by atoms with Gasteiger partial charge in [-0.05, 0) is 91.9 Å². The monoisotopic (exact) mass is 615 g/mol. The number of carboxylic acids is 1. The molecular weight excluding hydrogens is 574 g/mol. The van der Waals surface area contributed by atoms with E-state index in [1.807, 2.05) is 30.3 Å². The van der Waals surface area contributed by atoms with Gasteiger partial charge in [0.05, 0.1) is 19.3 Å². The summed E-state index contributed by atoms with van der Waals surface area (Å²) in [6, 6.07) is 12.0. The molecule has 10 nitrogen and oxygen atoms in total. The number of ether oxygens (including phenoxy) is 1. The van der Waals surface area contributed by atoms with Crippen LogP contribution in [0.1, 0.15) is 74.2 Å². The van der Waals surface area contributed by atoms with Gasteiger partial charge in [0.2, 0.25) is 17.7 Å². The molecular formula is C35H41N3O7. The van der Waals surface area contributed by atoms with Crippen molar-refractivity contribution in [1.29, 1.82) is 0 Å². The van der Waals surface area contributed by atoms with Gasteiger partial charge in [-0.15, -0.1) is 0 Å². The van der Waals surface area contributed by atoms with Crippen LogP contribution in [-0.2, 0) is 25.7 Å². The van der Waals surface area contributed by atoms with E-state index in [2.05, 4.69) is 5.32 Å². The molecule has 4 fully saturated rings. The summed E-state index contributed by atoms with van der Waals surface area (Å²) < 4.78 is 5.43. The molecule has 4 aliphatic carbocycles. The van der Waals surface area contributed by atoms with Gasteiger partial charge in [-0.25, -0.2) is 0 Å². The fraction of sp³-hybridized carbons (Fsp3) is 0.514. The van der Waals surface area contributed by atoms with Crippen LogP contribution in [0, 0.1) is 23.2 Å². The van der Waals surface area contributed by atoms with Crippen LogP contribution in [-0.4, -0.2) is 65.2 Å². The number of anilines is 1. The zero-order chi connectivity index (χ0) is 31.9. The number of rotatable bonds is 8. The second-order valence-electron chi connectivity index (χ2n) is 13.6. The summed E-state index contributed by atoms with van der Waals surface area (Å²) in [6.07, 6.45) is 6.55. The number of aliphatic carboxylic acids is 1. The summed E-state index contributed by atoms with van der Waals surface area (Å²) in [4.78, 5) is 70.8. The van der Waals surface area contributed by atoms with Crippen LogP contribution in [0.15, 0.2) is 48.5 Å². The van der Waals surface area contributed by atoms with Gasteiger partial charge in [-0.2, -0.15) is 0 Å². The first-order valence-electron chi connectivity index (χ1n) is 15.9. The van der Waals surface area contributed by atoms with Crippen molar-refractivity contribution in [2.45, 2.75) is 76.9 Å². The Labute approximate surface area is 263 Å². The molecule has 2 atom stereocenters.